The molecule has 0 amide bonds. The van der Waals surface area contributed by atoms with E-state index in [0.717, 1.165) is 12.8 Å². The van der Waals surface area contributed by atoms with Gasteiger partial charge in [-0.1, -0.05) is 0 Å². The zero-order chi connectivity index (χ0) is 14.8. The topological polar surface area (TPSA) is 102 Å². The fourth-order valence-corrected chi connectivity index (χ4v) is 2.29. The summed E-state index contributed by atoms with van der Waals surface area (Å²) >= 11 is 0. The number of nitrogens with one attached hydrogen (secondary N) is 1. The summed E-state index contributed by atoms with van der Waals surface area (Å²) in [5.41, 5.74) is -0.344. The summed E-state index contributed by atoms with van der Waals surface area (Å²) in [5, 5.41) is 23.1. The van der Waals surface area contributed by atoms with Crippen LogP contribution in [-0.4, -0.2) is 34.8 Å². The molecule has 1 atom stereocenters. The summed E-state index contributed by atoms with van der Waals surface area (Å²) in [7, 11) is 0. The van der Waals surface area contributed by atoms with Crippen molar-refractivity contribution in [3.05, 3.63) is 33.9 Å². The minimum atomic E-state index is -1.12. The molecule has 1 aromatic rings. The van der Waals surface area contributed by atoms with E-state index in [9.17, 15) is 14.9 Å². The molecule has 7 heteroatoms. The van der Waals surface area contributed by atoms with E-state index in [1.54, 1.807) is 0 Å². The van der Waals surface area contributed by atoms with Gasteiger partial charge in [0.2, 0.25) is 0 Å². The lowest BCUT2D eigenvalue weighted by Crippen LogP contribution is -2.43. The smallest absolute Gasteiger partial charge is 0.335 e. The lowest BCUT2D eigenvalue weighted by atomic mass is 9.94. The van der Waals surface area contributed by atoms with Crippen LogP contribution < -0.4 is 5.32 Å². The maximum atomic E-state index is 11.0. The quantitative estimate of drug-likeness (QED) is 0.648. The second-order valence-corrected chi connectivity index (χ2v) is 5.14. The van der Waals surface area contributed by atoms with Crippen molar-refractivity contribution in [2.45, 2.75) is 25.3 Å². The number of carboxylic acids is 1. The largest absolute Gasteiger partial charge is 0.478 e. The molecule has 0 spiro atoms. The number of aromatic carboxylic acids is 1. The normalized spacial score (nSPS) is 22.2. The average Bonchev–Trinajstić information content (AvgIpc) is 2.38. The summed E-state index contributed by atoms with van der Waals surface area (Å²) in [6.07, 6.45) is 1.66. The van der Waals surface area contributed by atoms with Gasteiger partial charge in [-0.3, -0.25) is 10.1 Å². The molecule has 0 aliphatic carbocycles. The molecule has 0 aromatic heterocycles. The third-order valence-corrected chi connectivity index (χ3v) is 3.31. The molecule has 2 N–H and O–H groups in total. The maximum Gasteiger partial charge on any atom is 0.335 e. The van der Waals surface area contributed by atoms with E-state index in [1.807, 2.05) is 6.92 Å². The van der Waals surface area contributed by atoms with Gasteiger partial charge < -0.3 is 15.2 Å². The van der Waals surface area contributed by atoms with Gasteiger partial charge in [-0.2, -0.15) is 0 Å². The molecule has 1 aliphatic rings. The predicted octanol–water partition coefficient (Wildman–Crippen LogP) is 2.27. The van der Waals surface area contributed by atoms with Crippen LogP contribution in [0.15, 0.2) is 18.2 Å². The number of hydrogen-bond acceptors (Lipinski definition) is 5. The van der Waals surface area contributed by atoms with E-state index in [4.69, 9.17) is 9.84 Å². The molecule has 1 unspecified atom stereocenters. The van der Waals surface area contributed by atoms with E-state index < -0.39 is 16.4 Å². The van der Waals surface area contributed by atoms with Gasteiger partial charge in [0.25, 0.3) is 5.69 Å². The number of rotatable bonds is 4. The molecule has 0 radical (unpaired) electrons. The maximum absolute atomic E-state index is 11.0. The molecule has 20 heavy (non-hydrogen) atoms. The number of nitro groups is 1. The lowest BCUT2D eigenvalue weighted by molar-refractivity contribution is -0.384. The van der Waals surface area contributed by atoms with Crippen molar-refractivity contribution >= 4 is 17.3 Å². The highest BCUT2D eigenvalue weighted by Gasteiger charge is 2.30. The molecule has 1 aliphatic heterocycles. The molecular formula is C13H16N2O5. The van der Waals surface area contributed by atoms with E-state index >= 15 is 0 Å². The molecule has 108 valence electrons. The van der Waals surface area contributed by atoms with E-state index in [0.29, 0.717) is 13.2 Å². The number of hydrogen-bond donors (Lipinski definition) is 2. The highest BCUT2D eigenvalue weighted by molar-refractivity contribution is 5.90. The van der Waals surface area contributed by atoms with Crippen LogP contribution in [0.2, 0.25) is 0 Å². The van der Waals surface area contributed by atoms with Crippen LogP contribution in [0, 0.1) is 10.1 Å². The van der Waals surface area contributed by atoms with Crippen molar-refractivity contribution in [2.24, 2.45) is 0 Å². The lowest BCUT2D eigenvalue weighted by Gasteiger charge is -2.35. The summed E-state index contributed by atoms with van der Waals surface area (Å²) in [5.74, 6) is -1.12. The number of anilines is 1. The van der Waals surface area contributed by atoms with Gasteiger partial charge in [-0.25, -0.2) is 4.79 Å². The van der Waals surface area contributed by atoms with Gasteiger partial charge in [0.15, 0.2) is 0 Å². The molecule has 1 aromatic carbocycles. The number of benzene rings is 1. The Balaban J connectivity index is 2.34. The van der Waals surface area contributed by atoms with Crippen LogP contribution >= 0.6 is 0 Å². The van der Waals surface area contributed by atoms with Gasteiger partial charge in [-0.15, -0.1) is 0 Å². The first-order valence-corrected chi connectivity index (χ1v) is 6.29. The Kier molecular flexibility index (Phi) is 3.89. The fourth-order valence-electron chi connectivity index (χ4n) is 2.29. The summed E-state index contributed by atoms with van der Waals surface area (Å²) in [4.78, 5) is 21.5. The third-order valence-electron chi connectivity index (χ3n) is 3.31. The van der Waals surface area contributed by atoms with Crippen molar-refractivity contribution in [3.8, 4) is 0 Å². The molecule has 2 rings (SSSR count). The zero-order valence-corrected chi connectivity index (χ0v) is 11.1. The highest BCUT2D eigenvalue weighted by atomic mass is 16.6. The summed E-state index contributed by atoms with van der Waals surface area (Å²) in [6.45, 7) is 3.01. The fraction of sp³-hybridized carbons (Fsp3) is 0.462. The van der Waals surface area contributed by atoms with Crippen LogP contribution in [0.25, 0.3) is 0 Å². The zero-order valence-electron chi connectivity index (χ0n) is 11.1. The van der Waals surface area contributed by atoms with Gasteiger partial charge in [0.05, 0.1) is 22.6 Å². The predicted molar refractivity (Wildman–Crippen MR) is 72.1 cm³/mol. The Morgan fingerprint density at radius 2 is 2.30 bits per heavy atom. The first-order chi connectivity index (χ1) is 9.41. The van der Waals surface area contributed by atoms with E-state index in [2.05, 4.69) is 5.32 Å². The van der Waals surface area contributed by atoms with Gasteiger partial charge in [0.1, 0.15) is 5.69 Å². The van der Waals surface area contributed by atoms with Gasteiger partial charge in [-0.05, 0) is 31.9 Å². The standard InChI is InChI=1S/C13H16N2O5/c1-13(5-2-6-20-8-13)14-10-7-9(12(16)17)3-4-11(10)15(18)19/h3-4,7,14H,2,5-6,8H2,1H3,(H,16,17). The first kappa shape index (κ1) is 14.3. The molecule has 0 saturated carbocycles. The molecule has 1 heterocycles. The molecule has 1 fully saturated rings. The van der Waals surface area contributed by atoms with Crippen molar-refractivity contribution < 1.29 is 19.6 Å². The Bertz CT molecular complexity index is 538. The molecule has 0 bridgehead atoms. The third kappa shape index (κ3) is 3.05. The van der Waals surface area contributed by atoms with E-state index in [-0.39, 0.29) is 16.9 Å². The van der Waals surface area contributed by atoms with Gasteiger partial charge in [0, 0.05) is 12.7 Å². The minimum absolute atomic E-state index is 0.0124. The number of nitrogens with zero attached hydrogens (tertiary/aromatic N) is 1. The van der Waals surface area contributed by atoms with E-state index in [1.165, 1.54) is 18.2 Å². The minimum Gasteiger partial charge on any atom is -0.478 e. The van der Waals surface area contributed by atoms with Crippen LogP contribution in [0.4, 0.5) is 11.4 Å². The number of nitro benzene ring substituents is 1. The average molecular weight is 280 g/mol. The second-order valence-electron chi connectivity index (χ2n) is 5.14. The van der Waals surface area contributed by atoms with Gasteiger partial charge >= 0.3 is 5.97 Å². The van der Waals surface area contributed by atoms with Crippen LogP contribution in [0.3, 0.4) is 0 Å². The molecule has 1 saturated heterocycles. The SMILES string of the molecule is CC1(Nc2cc(C(=O)O)ccc2[N+](=O)[O-])CCCOC1. The van der Waals surface area contributed by atoms with Crippen molar-refractivity contribution in [1.82, 2.24) is 0 Å². The number of carboxylic acid groups (broad SMARTS) is 1. The Morgan fingerprint density at radius 1 is 1.55 bits per heavy atom. The first-order valence-electron chi connectivity index (χ1n) is 6.29. The second kappa shape index (κ2) is 5.46. The number of ether oxygens (including phenoxy) is 1. The van der Waals surface area contributed by atoms with Crippen LogP contribution in [0.5, 0.6) is 0 Å². The van der Waals surface area contributed by atoms with Crippen LogP contribution in [-0.2, 0) is 4.74 Å². The summed E-state index contributed by atoms with van der Waals surface area (Å²) in [6, 6.07) is 3.73. The van der Waals surface area contributed by atoms with Crippen molar-refractivity contribution in [1.29, 1.82) is 0 Å². The monoisotopic (exact) mass is 280 g/mol. The van der Waals surface area contributed by atoms with Crippen molar-refractivity contribution in [3.63, 3.8) is 0 Å². The molecular weight excluding hydrogens is 264 g/mol. The highest BCUT2D eigenvalue weighted by Crippen LogP contribution is 2.31. The Labute approximate surface area is 115 Å². The number of carbonyl (C=O) groups is 1. The Hall–Kier alpha value is -2.15. The summed E-state index contributed by atoms with van der Waals surface area (Å²) < 4.78 is 5.39. The van der Waals surface area contributed by atoms with Crippen molar-refractivity contribution in [2.75, 3.05) is 18.5 Å². The van der Waals surface area contributed by atoms with Crippen LogP contribution in [0.1, 0.15) is 30.1 Å². The Morgan fingerprint density at radius 3 is 2.85 bits per heavy atom. The molecule has 7 nitrogen and oxygen atoms in total.